The number of carbonyl (C=O) groups excluding carboxylic acids is 1. The molecule has 0 aromatic heterocycles. The van der Waals surface area contributed by atoms with E-state index in [1.54, 1.807) is 4.90 Å². The van der Waals surface area contributed by atoms with Gasteiger partial charge < -0.3 is 9.47 Å². The highest BCUT2D eigenvalue weighted by molar-refractivity contribution is 8.16. The lowest BCUT2D eigenvalue weighted by atomic mass is 10.1. The highest BCUT2D eigenvalue weighted by atomic mass is 32.2. The summed E-state index contributed by atoms with van der Waals surface area (Å²) in [6.07, 6.45) is 8.72. The minimum absolute atomic E-state index is 0.00543. The molecule has 0 N–H and O–H groups in total. The maximum Gasteiger partial charge on any atom is 0.250 e. The fourth-order valence-corrected chi connectivity index (χ4v) is 4.99. The molecule has 3 aromatic rings. The smallest absolute Gasteiger partial charge is 0.250 e. The van der Waals surface area contributed by atoms with Crippen molar-refractivity contribution in [1.82, 2.24) is 0 Å². The predicted molar refractivity (Wildman–Crippen MR) is 147 cm³/mol. The first-order valence-electron chi connectivity index (χ1n) is 11.9. The van der Waals surface area contributed by atoms with E-state index in [0.717, 1.165) is 28.5 Å². The summed E-state index contributed by atoms with van der Waals surface area (Å²) in [7, 11) is 0. The first kappa shape index (κ1) is 23.7. The Morgan fingerprint density at radius 1 is 0.861 bits per heavy atom. The third-order valence-corrected chi connectivity index (χ3v) is 6.69. The molecule has 1 aliphatic heterocycles. The Morgan fingerprint density at radius 3 is 2.22 bits per heavy atom. The molecule has 1 unspecified atom stereocenters. The molecule has 5 nitrogen and oxygen atoms in total. The van der Waals surface area contributed by atoms with Gasteiger partial charge in [0.15, 0.2) is 5.17 Å². The van der Waals surface area contributed by atoms with Crippen LogP contribution in [-0.2, 0) is 9.53 Å². The monoisotopic (exact) mass is 494 g/mol. The summed E-state index contributed by atoms with van der Waals surface area (Å²) >= 11 is 1.47. The molecular weight excluding hydrogens is 468 g/mol. The number of para-hydroxylation sites is 3. The van der Waals surface area contributed by atoms with Gasteiger partial charge >= 0.3 is 0 Å². The van der Waals surface area contributed by atoms with Crippen molar-refractivity contribution in [2.24, 2.45) is 4.99 Å². The van der Waals surface area contributed by atoms with Crippen LogP contribution in [0.4, 0.5) is 11.4 Å². The number of amidine groups is 1. The molecule has 180 valence electrons. The Kier molecular flexibility index (Phi) is 7.64. The van der Waals surface area contributed by atoms with E-state index in [9.17, 15) is 4.79 Å². The summed E-state index contributed by atoms with van der Waals surface area (Å²) in [4.78, 5) is 19.9. The predicted octanol–water partition coefficient (Wildman–Crippen LogP) is 6.69. The molecule has 5 rings (SSSR count). The molecule has 3 aromatic carbocycles. The zero-order valence-electron chi connectivity index (χ0n) is 19.7. The van der Waals surface area contributed by atoms with Gasteiger partial charge in [-0.15, -0.1) is 0 Å². The number of carbonyl (C=O) groups is 1. The van der Waals surface area contributed by atoms with Gasteiger partial charge in [-0.25, -0.2) is 4.99 Å². The summed E-state index contributed by atoms with van der Waals surface area (Å²) in [5.41, 5.74) is 2.71. The molecule has 6 heteroatoms. The van der Waals surface area contributed by atoms with Crippen LogP contribution in [0.15, 0.2) is 132 Å². The van der Waals surface area contributed by atoms with Gasteiger partial charge in [0, 0.05) is 0 Å². The molecular formula is C30H26N2O3S. The van der Waals surface area contributed by atoms with Gasteiger partial charge in [-0.3, -0.25) is 9.69 Å². The van der Waals surface area contributed by atoms with Crippen molar-refractivity contribution in [3.8, 4) is 5.75 Å². The van der Waals surface area contributed by atoms with Crippen molar-refractivity contribution in [2.45, 2.75) is 11.7 Å². The van der Waals surface area contributed by atoms with Crippen molar-refractivity contribution in [1.29, 1.82) is 0 Å². The van der Waals surface area contributed by atoms with Crippen LogP contribution >= 0.6 is 11.8 Å². The molecule has 1 fully saturated rings. The van der Waals surface area contributed by atoms with E-state index in [1.807, 2.05) is 115 Å². The SMILES string of the molecule is O=C1C(C=C2C=CC(OCCOc3ccccc3)=CC2)SC(=Nc2ccccc2)N1c1ccccc1. The molecule has 1 atom stereocenters. The number of thioether (sulfide) groups is 1. The second-order valence-corrected chi connectivity index (χ2v) is 9.28. The van der Waals surface area contributed by atoms with Gasteiger partial charge in [-0.2, -0.15) is 0 Å². The standard InChI is InChI=1S/C30H26N2O3S/c33-29-28(22-23-16-18-27(19-17-23)35-21-20-34-26-14-8-3-9-15-26)36-30(31-24-10-4-1-5-11-24)32(29)25-12-6-2-7-13-25/h1-16,18-19,22,28H,17,20-21H2. The quantitative estimate of drug-likeness (QED) is 0.328. The Balaban J connectivity index is 1.23. The van der Waals surface area contributed by atoms with Crippen LogP contribution in [0.3, 0.4) is 0 Å². The maximum absolute atomic E-state index is 13.4. The summed E-state index contributed by atoms with van der Waals surface area (Å²) in [5.74, 6) is 1.65. The molecule has 36 heavy (non-hydrogen) atoms. The molecule has 0 radical (unpaired) electrons. The third-order valence-electron chi connectivity index (χ3n) is 5.61. The molecule has 2 aliphatic rings. The summed E-state index contributed by atoms with van der Waals surface area (Å²) in [6.45, 7) is 0.941. The molecule has 1 aliphatic carbocycles. The lowest BCUT2D eigenvalue weighted by Gasteiger charge is -2.16. The average Bonchev–Trinajstić information content (AvgIpc) is 3.23. The van der Waals surface area contributed by atoms with Crippen molar-refractivity contribution in [3.05, 3.63) is 127 Å². The maximum atomic E-state index is 13.4. The normalized spacial score (nSPS) is 19.6. The van der Waals surface area contributed by atoms with Crippen molar-refractivity contribution < 1.29 is 14.3 Å². The number of anilines is 1. The number of hydrogen-bond donors (Lipinski definition) is 0. The number of ether oxygens (including phenoxy) is 2. The Hall–Kier alpha value is -4.03. The largest absolute Gasteiger partial charge is 0.490 e. The average molecular weight is 495 g/mol. The van der Waals surface area contributed by atoms with Crippen LogP contribution in [0.25, 0.3) is 0 Å². The lowest BCUT2D eigenvalue weighted by molar-refractivity contribution is -0.116. The fraction of sp³-hybridized carbons (Fsp3) is 0.133. The lowest BCUT2D eigenvalue weighted by Crippen LogP contribution is -2.31. The zero-order valence-corrected chi connectivity index (χ0v) is 20.5. The Bertz CT molecular complexity index is 1300. The van der Waals surface area contributed by atoms with E-state index in [-0.39, 0.29) is 11.2 Å². The van der Waals surface area contributed by atoms with E-state index in [1.165, 1.54) is 11.8 Å². The van der Waals surface area contributed by atoms with E-state index in [0.29, 0.717) is 24.8 Å². The van der Waals surface area contributed by atoms with Gasteiger partial charge in [-0.1, -0.05) is 78.5 Å². The summed E-state index contributed by atoms with van der Waals surface area (Å²) in [5, 5.41) is 0.333. The van der Waals surface area contributed by atoms with Gasteiger partial charge in [0.05, 0.1) is 11.4 Å². The molecule has 1 saturated heterocycles. The minimum atomic E-state index is -0.345. The second kappa shape index (κ2) is 11.6. The van der Waals surface area contributed by atoms with Gasteiger partial charge in [0.2, 0.25) is 0 Å². The topological polar surface area (TPSA) is 51.1 Å². The van der Waals surface area contributed by atoms with Crippen LogP contribution in [0, 0.1) is 0 Å². The zero-order chi connectivity index (χ0) is 24.6. The first-order chi connectivity index (χ1) is 17.8. The number of allylic oxidation sites excluding steroid dienone is 4. The number of amides is 1. The highest BCUT2D eigenvalue weighted by Gasteiger charge is 2.38. The summed E-state index contributed by atoms with van der Waals surface area (Å²) in [6, 6.07) is 29.1. The van der Waals surface area contributed by atoms with E-state index >= 15 is 0 Å². The number of benzene rings is 3. The van der Waals surface area contributed by atoms with Crippen LogP contribution in [0.1, 0.15) is 6.42 Å². The Labute approximate surface area is 215 Å². The van der Waals surface area contributed by atoms with Crippen LogP contribution in [0.5, 0.6) is 5.75 Å². The highest BCUT2D eigenvalue weighted by Crippen LogP contribution is 2.35. The van der Waals surface area contributed by atoms with Crippen molar-refractivity contribution in [3.63, 3.8) is 0 Å². The molecule has 0 saturated carbocycles. The number of rotatable bonds is 8. The van der Waals surface area contributed by atoms with Gasteiger partial charge in [0.25, 0.3) is 5.91 Å². The van der Waals surface area contributed by atoms with Crippen molar-refractivity contribution >= 4 is 34.2 Å². The number of nitrogens with zero attached hydrogens (tertiary/aromatic N) is 2. The van der Waals surface area contributed by atoms with E-state index in [4.69, 9.17) is 14.5 Å². The van der Waals surface area contributed by atoms with E-state index < -0.39 is 0 Å². The third kappa shape index (κ3) is 5.96. The minimum Gasteiger partial charge on any atom is -0.490 e. The molecule has 1 heterocycles. The van der Waals surface area contributed by atoms with Gasteiger partial charge in [-0.05, 0) is 60.5 Å². The van der Waals surface area contributed by atoms with Gasteiger partial charge in [0.1, 0.15) is 30.0 Å². The van der Waals surface area contributed by atoms with Crippen molar-refractivity contribution in [2.75, 3.05) is 18.1 Å². The first-order valence-corrected chi connectivity index (χ1v) is 12.7. The number of aliphatic imine (C=N–C) groups is 1. The van der Waals surface area contributed by atoms with Crippen LogP contribution < -0.4 is 9.64 Å². The molecule has 0 bridgehead atoms. The molecule has 0 spiro atoms. The summed E-state index contributed by atoms with van der Waals surface area (Å²) < 4.78 is 11.5. The van der Waals surface area contributed by atoms with E-state index in [2.05, 4.69) is 0 Å². The Morgan fingerprint density at radius 2 is 1.53 bits per heavy atom. The fourth-order valence-electron chi connectivity index (χ4n) is 3.85. The van der Waals surface area contributed by atoms with Crippen LogP contribution in [-0.4, -0.2) is 29.5 Å². The number of hydrogen-bond acceptors (Lipinski definition) is 5. The van der Waals surface area contributed by atoms with Crippen LogP contribution in [0.2, 0.25) is 0 Å². The molecule has 1 amide bonds. The second-order valence-electron chi connectivity index (χ2n) is 8.17.